The second-order valence-corrected chi connectivity index (χ2v) is 5.83. The van der Waals surface area contributed by atoms with E-state index in [1.54, 1.807) is 18.9 Å². The van der Waals surface area contributed by atoms with Crippen molar-refractivity contribution in [1.29, 1.82) is 0 Å². The molecule has 0 saturated carbocycles. The maximum absolute atomic E-state index is 12.7. The van der Waals surface area contributed by atoms with Gasteiger partial charge in [0.1, 0.15) is 23.9 Å². The fourth-order valence-corrected chi connectivity index (χ4v) is 3.44. The molecule has 1 aliphatic heterocycles. The number of nitrogens with zero attached hydrogens (tertiary/aromatic N) is 3. The quantitative estimate of drug-likeness (QED) is 0.932. The molecule has 2 aromatic rings. The fraction of sp³-hybridized carbons (Fsp3) is 0.353. The highest BCUT2D eigenvalue weighted by Gasteiger charge is 2.37. The van der Waals surface area contributed by atoms with Crippen molar-refractivity contribution in [3.05, 3.63) is 41.4 Å². The van der Waals surface area contributed by atoms with Gasteiger partial charge in [-0.05, 0) is 31.0 Å². The second-order valence-electron chi connectivity index (χ2n) is 5.83. The smallest absolute Gasteiger partial charge is 0.226 e. The Balaban J connectivity index is 1.95. The molecule has 1 N–H and O–H groups in total. The van der Waals surface area contributed by atoms with Crippen LogP contribution in [0.5, 0.6) is 11.5 Å². The van der Waals surface area contributed by atoms with Crippen molar-refractivity contribution in [2.75, 3.05) is 19.5 Å². The molecular formula is C17H18N4O3. The highest BCUT2D eigenvalue weighted by molar-refractivity contribution is 5.99. The first kappa shape index (κ1) is 14.7. The van der Waals surface area contributed by atoms with Gasteiger partial charge in [-0.1, -0.05) is 0 Å². The van der Waals surface area contributed by atoms with Gasteiger partial charge in [-0.3, -0.25) is 4.79 Å². The van der Waals surface area contributed by atoms with Crippen molar-refractivity contribution in [2.45, 2.75) is 25.3 Å². The van der Waals surface area contributed by atoms with E-state index < -0.39 is 0 Å². The summed E-state index contributed by atoms with van der Waals surface area (Å²) < 4.78 is 12.6. The highest BCUT2D eigenvalue weighted by Crippen LogP contribution is 2.43. The molecule has 124 valence electrons. The van der Waals surface area contributed by atoms with Gasteiger partial charge >= 0.3 is 0 Å². The third-order valence-electron chi connectivity index (χ3n) is 4.54. The fourth-order valence-electron chi connectivity index (χ4n) is 3.44. The van der Waals surface area contributed by atoms with E-state index in [9.17, 15) is 4.79 Å². The summed E-state index contributed by atoms with van der Waals surface area (Å²) in [5.74, 6) is 2.17. The largest absolute Gasteiger partial charge is 0.497 e. The number of hydrogen-bond acceptors (Lipinski definition) is 6. The lowest BCUT2D eigenvalue weighted by Crippen LogP contribution is -2.31. The summed E-state index contributed by atoms with van der Waals surface area (Å²) in [6.07, 6.45) is 3.72. The molecule has 7 heteroatoms. The Morgan fingerprint density at radius 1 is 1.25 bits per heavy atom. The molecule has 0 bridgehead atoms. The number of rotatable bonds is 3. The average molecular weight is 326 g/mol. The standard InChI is InChI=1S/C17H18N4O3/c1-23-10-6-7-14(24-2)11(8-10)16-15-12(4-3-5-13(15)22)20-17-18-9-19-21(16)17/h6-9,16H,3-5H2,1-2H3,(H,18,19,20)/t16-/m1/s1. The van der Waals surface area contributed by atoms with Crippen LogP contribution in [0.3, 0.4) is 0 Å². The molecule has 1 aromatic heterocycles. The maximum Gasteiger partial charge on any atom is 0.226 e. The van der Waals surface area contributed by atoms with Crippen LogP contribution in [0, 0.1) is 0 Å². The van der Waals surface area contributed by atoms with Gasteiger partial charge in [-0.25, -0.2) is 4.68 Å². The van der Waals surface area contributed by atoms with Crippen LogP contribution in [0.2, 0.25) is 0 Å². The van der Waals surface area contributed by atoms with Gasteiger partial charge in [0, 0.05) is 23.3 Å². The van der Waals surface area contributed by atoms with E-state index >= 15 is 0 Å². The topological polar surface area (TPSA) is 78.3 Å². The van der Waals surface area contributed by atoms with Crippen LogP contribution < -0.4 is 14.8 Å². The number of nitrogens with one attached hydrogen (secondary N) is 1. The van der Waals surface area contributed by atoms with Crippen LogP contribution in [0.4, 0.5) is 5.95 Å². The Morgan fingerprint density at radius 3 is 2.92 bits per heavy atom. The molecule has 0 spiro atoms. The molecule has 1 aromatic carbocycles. The van der Waals surface area contributed by atoms with E-state index in [-0.39, 0.29) is 11.8 Å². The van der Waals surface area contributed by atoms with Gasteiger partial charge in [-0.2, -0.15) is 10.1 Å². The zero-order valence-electron chi connectivity index (χ0n) is 13.6. The number of ether oxygens (including phenoxy) is 2. The van der Waals surface area contributed by atoms with Crippen LogP contribution in [-0.2, 0) is 4.79 Å². The predicted octanol–water partition coefficient (Wildman–Crippen LogP) is 2.32. The van der Waals surface area contributed by atoms with E-state index in [0.29, 0.717) is 23.9 Å². The van der Waals surface area contributed by atoms with Gasteiger partial charge in [-0.15, -0.1) is 0 Å². The molecule has 0 unspecified atom stereocenters. The molecule has 2 aliphatic rings. The summed E-state index contributed by atoms with van der Waals surface area (Å²) in [5.41, 5.74) is 2.51. The van der Waals surface area contributed by atoms with Gasteiger partial charge in [0.2, 0.25) is 5.95 Å². The lowest BCUT2D eigenvalue weighted by atomic mass is 9.85. The number of aromatic nitrogens is 3. The van der Waals surface area contributed by atoms with Crippen molar-refractivity contribution in [3.63, 3.8) is 0 Å². The van der Waals surface area contributed by atoms with Crippen molar-refractivity contribution in [3.8, 4) is 11.5 Å². The summed E-state index contributed by atoms with van der Waals surface area (Å²) in [4.78, 5) is 16.9. The molecule has 4 rings (SSSR count). The molecule has 2 heterocycles. The number of anilines is 1. The Kier molecular flexibility index (Phi) is 3.48. The minimum Gasteiger partial charge on any atom is -0.497 e. The zero-order valence-corrected chi connectivity index (χ0v) is 13.6. The Morgan fingerprint density at radius 2 is 2.12 bits per heavy atom. The molecule has 1 aliphatic carbocycles. The Labute approximate surface area is 139 Å². The molecule has 7 nitrogen and oxygen atoms in total. The van der Waals surface area contributed by atoms with Crippen LogP contribution >= 0.6 is 0 Å². The molecule has 0 amide bonds. The average Bonchev–Trinajstić information content (AvgIpc) is 3.07. The first-order valence-corrected chi connectivity index (χ1v) is 7.87. The van der Waals surface area contributed by atoms with Gasteiger partial charge < -0.3 is 14.8 Å². The predicted molar refractivity (Wildman–Crippen MR) is 87.2 cm³/mol. The van der Waals surface area contributed by atoms with Crippen molar-refractivity contribution < 1.29 is 14.3 Å². The van der Waals surface area contributed by atoms with Crippen LogP contribution in [-0.4, -0.2) is 34.8 Å². The first-order valence-electron chi connectivity index (χ1n) is 7.87. The Hall–Kier alpha value is -2.83. The summed E-state index contributed by atoms with van der Waals surface area (Å²) in [6, 6.07) is 5.22. The molecule has 24 heavy (non-hydrogen) atoms. The maximum atomic E-state index is 12.7. The normalized spacial score (nSPS) is 19.4. The van der Waals surface area contributed by atoms with Crippen molar-refractivity contribution >= 4 is 11.7 Å². The molecule has 0 radical (unpaired) electrons. The highest BCUT2D eigenvalue weighted by atomic mass is 16.5. The summed E-state index contributed by atoms with van der Waals surface area (Å²) in [6.45, 7) is 0. The third-order valence-corrected chi connectivity index (χ3v) is 4.54. The summed E-state index contributed by atoms with van der Waals surface area (Å²) in [5, 5.41) is 7.58. The third kappa shape index (κ3) is 2.16. The van der Waals surface area contributed by atoms with E-state index in [0.717, 1.165) is 29.7 Å². The zero-order chi connectivity index (χ0) is 16.7. The lowest BCUT2D eigenvalue weighted by Gasteiger charge is -2.32. The van der Waals surface area contributed by atoms with Crippen LogP contribution in [0.25, 0.3) is 0 Å². The van der Waals surface area contributed by atoms with Crippen LogP contribution in [0.15, 0.2) is 35.8 Å². The van der Waals surface area contributed by atoms with Gasteiger partial charge in [0.15, 0.2) is 5.78 Å². The second kappa shape index (κ2) is 5.67. The number of ketones is 1. The number of fused-ring (bicyclic) bond motifs is 1. The lowest BCUT2D eigenvalue weighted by molar-refractivity contribution is -0.116. The molecule has 1 atom stereocenters. The van der Waals surface area contributed by atoms with Gasteiger partial charge in [0.25, 0.3) is 0 Å². The molecule has 0 fully saturated rings. The van der Waals surface area contributed by atoms with E-state index in [2.05, 4.69) is 15.4 Å². The molecule has 0 saturated heterocycles. The number of benzene rings is 1. The summed E-state index contributed by atoms with van der Waals surface area (Å²) >= 11 is 0. The van der Waals surface area contributed by atoms with E-state index in [1.807, 2.05) is 18.2 Å². The summed E-state index contributed by atoms with van der Waals surface area (Å²) in [7, 11) is 3.23. The minimum atomic E-state index is -0.364. The van der Waals surface area contributed by atoms with E-state index in [1.165, 1.54) is 6.33 Å². The number of methoxy groups -OCH3 is 2. The number of carbonyl (C=O) groups excluding carboxylic acids is 1. The van der Waals surface area contributed by atoms with Crippen LogP contribution in [0.1, 0.15) is 30.9 Å². The number of carbonyl (C=O) groups is 1. The van der Waals surface area contributed by atoms with E-state index in [4.69, 9.17) is 9.47 Å². The van der Waals surface area contributed by atoms with Gasteiger partial charge in [0.05, 0.1) is 14.2 Å². The number of Topliss-reactive ketones (excluding diaryl/α,β-unsaturated/α-hetero) is 1. The monoisotopic (exact) mass is 326 g/mol. The number of hydrogen-bond donors (Lipinski definition) is 1. The Bertz CT molecular complexity index is 840. The minimum absolute atomic E-state index is 0.139. The van der Waals surface area contributed by atoms with Crippen molar-refractivity contribution in [1.82, 2.24) is 14.8 Å². The number of allylic oxidation sites excluding steroid dienone is 2. The first-order chi connectivity index (χ1) is 11.7. The van der Waals surface area contributed by atoms with Crippen molar-refractivity contribution in [2.24, 2.45) is 0 Å². The SMILES string of the molecule is COc1ccc(OC)c([C@@H]2C3=C(CCCC3=O)Nc3ncnn32)c1. The molecular weight excluding hydrogens is 308 g/mol.